The summed E-state index contributed by atoms with van der Waals surface area (Å²) in [4.78, 5) is 20.5. The number of rotatable bonds is 7. The Morgan fingerprint density at radius 2 is 1.86 bits per heavy atom. The first kappa shape index (κ1) is 20.6. The van der Waals surface area contributed by atoms with E-state index in [0.29, 0.717) is 25.3 Å². The summed E-state index contributed by atoms with van der Waals surface area (Å²) < 4.78 is 34.8. The standard InChI is InChI=1S/C21H23F2N3O3/c1-2-28-19-15-16(3-5-18(19)29-21(22)23)4-6-20(27)26-13-11-25(12-14-26)17-7-9-24-10-8-17/h3-10,15,21H,2,11-14H2,1H3/b6-4+. The molecule has 0 atom stereocenters. The van der Waals surface area contributed by atoms with Crippen molar-refractivity contribution < 1.29 is 23.0 Å². The highest BCUT2D eigenvalue weighted by Gasteiger charge is 2.19. The lowest BCUT2D eigenvalue weighted by molar-refractivity contribution is -0.126. The normalized spacial score (nSPS) is 14.5. The SMILES string of the molecule is CCOc1cc(/C=C/C(=O)N2CCN(c3ccncc3)CC2)ccc1OC(F)F. The lowest BCUT2D eigenvalue weighted by Gasteiger charge is -2.35. The quantitative estimate of drug-likeness (QED) is 0.663. The molecule has 1 aliphatic heterocycles. The van der Waals surface area contributed by atoms with E-state index in [9.17, 15) is 13.6 Å². The van der Waals surface area contributed by atoms with Crippen LogP contribution in [0.25, 0.3) is 6.08 Å². The smallest absolute Gasteiger partial charge is 0.387 e. The van der Waals surface area contributed by atoms with E-state index in [4.69, 9.17) is 4.74 Å². The van der Waals surface area contributed by atoms with Crippen molar-refractivity contribution in [3.05, 3.63) is 54.4 Å². The Bertz CT molecular complexity index is 838. The molecule has 0 saturated carbocycles. The van der Waals surface area contributed by atoms with Crippen molar-refractivity contribution in [2.24, 2.45) is 0 Å². The fourth-order valence-corrected chi connectivity index (χ4v) is 3.10. The number of carbonyl (C=O) groups is 1. The van der Waals surface area contributed by atoms with Crippen LogP contribution in [0, 0.1) is 0 Å². The molecular weight excluding hydrogens is 380 g/mol. The largest absolute Gasteiger partial charge is 0.490 e. The van der Waals surface area contributed by atoms with Gasteiger partial charge >= 0.3 is 6.61 Å². The van der Waals surface area contributed by atoms with Gasteiger partial charge in [-0.1, -0.05) is 6.07 Å². The first-order valence-corrected chi connectivity index (χ1v) is 9.40. The van der Waals surface area contributed by atoms with Crippen molar-refractivity contribution in [2.45, 2.75) is 13.5 Å². The molecule has 0 radical (unpaired) electrons. The Labute approximate surface area is 168 Å². The molecule has 1 aromatic carbocycles. The van der Waals surface area contributed by atoms with Crippen LogP contribution in [0.2, 0.25) is 0 Å². The summed E-state index contributed by atoms with van der Waals surface area (Å²) in [5.41, 5.74) is 1.76. The molecule has 1 saturated heterocycles. The van der Waals surface area contributed by atoms with Gasteiger partial charge in [-0.3, -0.25) is 9.78 Å². The van der Waals surface area contributed by atoms with Crippen LogP contribution in [0.15, 0.2) is 48.8 Å². The van der Waals surface area contributed by atoms with Crippen LogP contribution >= 0.6 is 0 Å². The minimum absolute atomic E-state index is 0.0300. The van der Waals surface area contributed by atoms with Crippen molar-refractivity contribution in [1.82, 2.24) is 9.88 Å². The summed E-state index contributed by atoms with van der Waals surface area (Å²) in [5.74, 6) is 0.0937. The highest BCUT2D eigenvalue weighted by Crippen LogP contribution is 2.30. The van der Waals surface area contributed by atoms with Gasteiger partial charge < -0.3 is 19.3 Å². The number of halogens is 2. The molecule has 0 spiro atoms. The van der Waals surface area contributed by atoms with Gasteiger partial charge in [0.2, 0.25) is 5.91 Å². The number of aromatic nitrogens is 1. The maximum absolute atomic E-state index is 12.5. The zero-order valence-electron chi connectivity index (χ0n) is 16.1. The number of amides is 1. The average Bonchev–Trinajstić information content (AvgIpc) is 2.74. The number of piperazine rings is 1. The summed E-state index contributed by atoms with van der Waals surface area (Å²) in [6.45, 7) is 1.88. The Morgan fingerprint density at radius 3 is 2.52 bits per heavy atom. The zero-order chi connectivity index (χ0) is 20.6. The molecule has 1 amide bonds. The minimum atomic E-state index is -2.93. The lowest BCUT2D eigenvalue weighted by atomic mass is 10.1. The third kappa shape index (κ3) is 5.66. The van der Waals surface area contributed by atoms with Gasteiger partial charge in [-0.15, -0.1) is 0 Å². The number of pyridine rings is 1. The molecule has 1 aliphatic rings. The Kier molecular flexibility index (Phi) is 6.99. The Balaban J connectivity index is 1.60. The number of anilines is 1. The van der Waals surface area contributed by atoms with E-state index in [1.807, 2.05) is 12.1 Å². The van der Waals surface area contributed by atoms with Crippen molar-refractivity contribution in [1.29, 1.82) is 0 Å². The predicted molar refractivity (Wildman–Crippen MR) is 106 cm³/mol. The number of ether oxygens (including phenoxy) is 2. The molecule has 29 heavy (non-hydrogen) atoms. The fourth-order valence-electron chi connectivity index (χ4n) is 3.10. The lowest BCUT2D eigenvalue weighted by Crippen LogP contribution is -2.48. The van der Waals surface area contributed by atoms with Crippen LogP contribution in [0.1, 0.15) is 12.5 Å². The molecule has 2 aromatic rings. The molecule has 0 aliphatic carbocycles. The minimum Gasteiger partial charge on any atom is -0.490 e. The molecule has 6 nitrogen and oxygen atoms in total. The third-order valence-electron chi connectivity index (χ3n) is 4.52. The van der Waals surface area contributed by atoms with Gasteiger partial charge in [-0.25, -0.2) is 0 Å². The third-order valence-corrected chi connectivity index (χ3v) is 4.52. The fraction of sp³-hybridized carbons (Fsp3) is 0.333. The predicted octanol–water partition coefficient (Wildman–Crippen LogP) is 3.44. The molecule has 3 rings (SSSR count). The molecule has 2 heterocycles. The van der Waals surface area contributed by atoms with Crippen molar-refractivity contribution >= 4 is 17.7 Å². The number of alkyl halides is 2. The van der Waals surface area contributed by atoms with Gasteiger partial charge in [0.05, 0.1) is 6.61 Å². The van der Waals surface area contributed by atoms with Crippen LogP contribution in [0.5, 0.6) is 11.5 Å². The molecule has 0 N–H and O–H groups in total. The van der Waals surface area contributed by atoms with E-state index < -0.39 is 6.61 Å². The number of hydrogen-bond donors (Lipinski definition) is 0. The van der Waals surface area contributed by atoms with Gasteiger partial charge in [0, 0.05) is 50.3 Å². The average molecular weight is 403 g/mol. The van der Waals surface area contributed by atoms with Gasteiger partial charge in [0.15, 0.2) is 11.5 Å². The summed E-state index contributed by atoms with van der Waals surface area (Å²) in [7, 11) is 0. The second-order valence-electron chi connectivity index (χ2n) is 6.37. The number of carbonyl (C=O) groups excluding carboxylic acids is 1. The summed E-state index contributed by atoms with van der Waals surface area (Å²) >= 11 is 0. The molecule has 0 bridgehead atoms. The topological polar surface area (TPSA) is 54.9 Å². The van der Waals surface area contributed by atoms with Gasteiger partial charge in [0.1, 0.15) is 0 Å². The van der Waals surface area contributed by atoms with E-state index in [1.165, 1.54) is 12.1 Å². The van der Waals surface area contributed by atoms with Crippen molar-refractivity contribution in [3.63, 3.8) is 0 Å². The highest BCUT2D eigenvalue weighted by molar-refractivity contribution is 5.92. The molecular formula is C21H23F2N3O3. The monoisotopic (exact) mass is 403 g/mol. The first-order valence-electron chi connectivity index (χ1n) is 9.40. The molecule has 154 valence electrons. The van der Waals surface area contributed by atoms with Crippen molar-refractivity contribution in [3.8, 4) is 11.5 Å². The molecule has 0 unspecified atom stereocenters. The van der Waals surface area contributed by atoms with Gasteiger partial charge in [0.25, 0.3) is 0 Å². The van der Waals surface area contributed by atoms with Gasteiger partial charge in [-0.2, -0.15) is 8.78 Å². The first-order chi connectivity index (χ1) is 14.1. The van der Waals surface area contributed by atoms with E-state index in [-0.39, 0.29) is 17.4 Å². The highest BCUT2D eigenvalue weighted by atomic mass is 19.3. The number of nitrogens with zero attached hydrogens (tertiary/aromatic N) is 3. The summed E-state index contributed by atoms with van der Waals surface area (Å²) in [6, 6.07) is 8.50. The van der Waals surface area contributed by atoms with Crippen LogP contribution < -0.4 is 14.4 Å². The van der Waals surface area contributed by atoms with E-state index >= 15 is 0 Å². The van der Waals surface area contributed by atoms with Crippen LogP contribution in [-0.2, 0) is 4.79 Å². The van der Waals surface area contributed by atoms with Crippen LogP contribution in [-0.4, -0.2) is 55.2 Å². The van der Waals surface area contributed by atoms with Crippen LogP contribution in [0.4, 0.5) is 14.5 Å². The van der Waals surface area contributed by atoms with Crippen molar-refractivity contribution in [2.75, 3.05) is 37.7 Å². The maximum atomic E-state index is 12.5. The molecule has 1 aromatic heterocycles. The molecule has 8 heteroatoms. The number of hydrogen-bond acceptors (Lipinski definition) is 5. The van der Waals surface area contributed by atoms with Gasteiger partial charge in [-0.05, 0) is 42.8 Å². The van der Waals surface area contributed by atoms with Crippen LogP contribution in [0.3, 0.4) is 0 Å². The zero-order valence-corrected chi connectivity index (χ0v) is 16.1. The number of benzene rings is 1. The van der Waals surface area contributed by atoms with E-state index in [1.54, 1.807) is 42.4 Å². The second-order valence-corrected chi connectivity index (χ2v) is 6.37. The molecule has 1 fully saturated rings. The maximum Gasteiger partial charge on any atom is 0.387 e. The van der Waals surface area contributed by atoms with E-state index in [0.717, 1.165) is 18.8 Å². The Hall–Kier alpha value is -3.16. The second kappa shape index (κ2) is 9.86. The summed E-state index contributed by atoms with van der Waals surface area (Å²) in [5, 5.41) is 0. The summed E-state index contributed by atoms with van der Waals surface area (Å²) in [6.07, 6.45) is 6.64. The van der Waals surface area contributed by atoms with E-state index in [2.05, 4.69) is 14.6 Å². The Morgan fingerprint density at radius 1 is 1.14 bits per heavy atom.